The van der Waals surface area contributed by atoms with Gasteiger partial charge in [0.05, 0.1) is 0 Å². The number of carboxylic acid groups (broad SMARTS) is 1. The van der Waals surface area contributed by atoms with E-state index in [4.69, 9.17) is 9.84 Å². The molecule has 1 rings (SSSR count). The second-order valence-electron chi connectivity index (χ2n) is 6.48. The van der Waals surface area contributed by atoms with Gasteiger partial charge in [0.1, 0.15) is 5.60 Å². The molecule has 0 aromatic rings. The first-order valence-electron chi connectivity index (χ1n) is 7.10. The van der Waals surface area contributed by atoms with E-state index in [1.54, 1.807) is 20.8 Å². The highest BCUT2D eigenvalue weighted by atomic mass is 19.3. The van der Waals surface area contributed by atoms with Gasteiger partial charge in [-0.1, -0.05) is 0 Å². The lowest BCUT2D eigenvalue weighted by Gasteiger charge is -2.34. The molecule has 0 aliphatic carbocycles. The number of amides is 1. The largest absolute Gasteiger partial charge is 0.477 e. The van der Waals surface area contributed by atoms with Crippen LogP contribution in [0.5, 0.6) is 0 Å². The zero-order valence-electron chi connectivity index (χ0n) is 12.7. The van der Waals surface area contributed by atoms with Crippen molar-refractivity contribution in [3.8, 4) is 0 Å². The Morgan fingerprint density at radius 2 is 1.95 bits per heavy atom. The summed E-state index contributed by atoms with van der Waals surface area (Å²) in [7, 11) is 0. The normalized spacial score (nSPS) is 20.2. The monoisotopic (exact) mass is 307 g/mol. The number of halogens is 2. The van der Waals surface area contributed by atoms with Crippen LogP contribution in [0.1, 0.15) is 46.5 Å². The molecule has 1 saturated heterocycles. The molecule has 1 fully saturated rings. The number of carboxylic acids is 1. The molecule has 0 radical (unpaired) electrons. The molecular formula is C14H23F2NO4. The summed E-state index contributed by atoms with van der Waals surface area (Å²) in [6.45, 7) is 6.17. The first-order valence-corrected chi connectivity index (χ1v) is 7.10. The number of piperidine rings is 1. The number of nitrogens with zero attached hydrogens (tertiary/aromatic N) is 1. The second kappa shape index (κ2) is 6.58. The first-order chi connectivity index (χ1) is 9.51. The van der Waals surface area contributed by atoms with Gasteiger partial charge in [0.2, 0.25) is 0 Å². The average molecular weight is 307 g/mol. The van der Waals surface area contributed by atoms with E-state index in [1.807, 2.05) is 0 Å². The van der Waals surface area contributed by atoms with Gasteiger partial charge < -0.3 is 14.7 Å². The molecular weight excluding hydrogens is 284 g/mol. The summed E-state index contributed by atoms with van der Waals surface area (Å²) in [5, 5.41) is 8.40. The van der Waals surface area contributed by atoms with Crippen molar-refractivity contribution in [2.45, 2.75) is 58.0 Å². The van der Waals surface area contributed by atoms with Crippen LogP contribution >= 0.6 is 0 Å². The molecule has 1 amide bonds. The van der Waals surface area contributed by atoms with E-state index >= 15 is 0 Å². The summed E-state index contributed by atoms with van der Waals surface area (Å²) < 4.78 is 31.4. The van der Waals surface area contributed by atoms with E-state index in [9.17, 15) is 18.4 Å². The Hall–Kier alpha value is -1.40. The fraction of sp³-hybridized carbons (Fsp3) is 0.857. The number of rotatable bonds is 4. The van der Waals surface area contributed by atoms with Crippen LogP contribution in [0, 0.1) is 5.92 Å². The first kappa shape index (κ1) is 17.7. The molecule has 0 aromatic heterocycles. The molecule has 1 aliphatic heterocycles. The van der Waals surface area contributed by atoms with E-state index in [0.29, 0.717) is 19.5 Å². The van der Waals surface area contributed by atoms with Crippen molar-refractivity contribution in [3.63, 3.8) is 0 Å². The molecule has 1 atom stereocenters. The highest BCUT2D eigenvalue weighted by Crippen LogP contribution is 2.28. The maximum absolute atomic E-state index is 13.1. The lowest BCUT2D eigenvalue weighted by molar-refractivity contribution is -0.166. The molecule has 0 saturated carbocycles. The third kappa shape index (κ3) is 5.85. The summed E-state index contributed by atoms with van der Waals surface area (Å²) in [6.07, 6.45) is 0.364. The van der Waals surface area contributed by atoms with Crippen molar-refractivity contribution < 1.29 is 28.2 Å². The summed E-state index contributed by atoms with van der Waals surface area (Å²) in [5.41, 5.74) is -0.597. The highest BCUT2D eigenvalue weighted by Gasteiger charge is 2.39. The fourth-order valence-corrected chi connectivity index (χ4v) is 2.29. The van der Waals surface area contributed by atoms with Gasteiger partial charge in [-0.2, -0.15) is 8.78 Å². The number of carbonyl (C=O) groups excluding carboxylic acids is 1. The van der Waals surface area contributed by atoms with Crippen molar-refractivity contribution >= 4 is 12.1 Å². The van der Waals surface area contributed by atoms with Gasteiger partial charge >= 0.3 is 18.0 Å². The van der Waals surface area contributed by atoms with E-state index in [1.165, 1.54) is 4.90 Å². The topological polar surface area (TPSA) is 66.8 Å². The van der Waals surface area contributed by atoms with Gasteiger partial charge in [-0.05, 0) is 46.0 Å². The molecule has 1 N–H and O–H groups in total. The predicted molar refractivity (Wildman–Crippen MR) is 72.3 cm³/mol. The van der Waals surface area contributed by atoms with E-state index < -0.39 is 30.0 Å². The molecule has 5 nitrogen and oxygen atoms in total. The number of alkyl halides is 2. The Labute approximate surface area is 123 Å². The molecule has 21 heavy (non-hydrogen) atoms. The molecule has 1 aliphatic rings. The molecule has 0 bridgehead atoms. The fourth-order valence-electron chi connectivity index (χ4n) is 2.29. The van der Waals surface area contributed by atoms with E-state index in [2.05, 4.69) is 0 Å². The minimum absolute atomic E-state index is 0.0819. The second-order valence-corrected chi connectivity index (χ2v) is 6.48. The van der Waals surface area contributed by atoms with Crippen molar-refractivity contribution in [2.24, 2.45) is 5.92 Å². The third-order valence-corrected chi connectivity index (χ3v) is 3.35. The van der Waals surface area contributed by atoms with Crippen molar-refractivity contribution in [3.05, 3.63) is 0 Å². The van der Waals surface area contributed by atoms with Gasteiger partial charge in [0.25, 0.3) is 0 Å². The number of likely N-dealkylation sites (tertiary alicyclic amines) is 1. The Morgan fingerprint density at radius 1 is 1.33 bits per heavy atom. The van der Waals surface area contributed by atoms with Gasteiger partial charge in [-0.15, -0.1) is 0 Å². The van der Waals surface area contributed by atoms with E-state index in [-0.39, 0.29) is 12.3 Å². The predicted octanol–water partition coefficient (Wildman–Crippen LogP) is 3.13. The van der Waals surface area contributed by atoms with Crippen LogP contribution in [0.4, 0.5) is 13.6 Å². The number of ether oxygens (including phenoxy) is 1. The lowest BCUT2D eigenvalue weighted by atomic mass is 9.92. The summed E-state index contributed by atoms with van der Waals surface area (Å²) in [6, 6.07) is 0. The molecule has 122 valence electrons. The maximum Gasteiger partial charge on any atom is 0.410 e. The van der Waals surface area contributed by atoms with Crippen LogP contribution < -0.4 is 0 Å². The minimum atomic E-state index is -3.70. The van der Waals surface area contributed by atoms with Gasteiger partial charge in [-0.3, -0.25) is 0 Å². The third-order valence-electron chi connectivity index (χ3n) is 3.35. The Morgan fingerprint density at radius 3 is 2.48 bits per heavy atom. The smallest absolute Gasteiger partial charge is 0.410 e. The van der Waals surface area contributed by atoms with Crippen LogP contribution in [0.15, 0.2) is 0 Å². The number of hydrogen-bond acceptors (Lipinski definition) is 3. The summed E-state index contributed by atoms with van der Waals surface area (Å²) >= 11 is 0. The van der Waals surface area contributed by atoms with Crippen LogP contribution in [0.2, 0.25) is 0 Å². The maximum atomic E-state index is 13.1. The van der Waals surface area contributed by atoms with Crippen molar-refractivity contribution in [2.75, 3.05) is 13.1 Å². The van der Waals surface area contributed by atoms with Crippen molar-refractivity contribution in [1.29, 1.82) is 0 Å². The Kier molecular flexibility index (Phi) is 5.53. The van der Waals surface area contributed by atoms with E-state index in [0.717, 1.165) is 6.42 Å². The molecule has 0 spiro atoms. The van der Waals surface area contributed by atoms with Crippen LogP contribution in [-0.4, -0.2) is 46.7 Å². The zero-order chi connectivity index (χ0) is 16.3. The average Bonchev–Trinajstić information content (AvgIpc) is 2.34. The lowest BCUT2D eigenvalue weighted by Crippen LogP contribution is -2.43. The number of carbonyl (C=O) groups is 2. The van der Waals surface area contributed by atoms with Gasteiger partial charge in [0.15, 0.2) is 0 Å². The van der Waals surface area contributed by atoms with Gasteiger partial charge in [0, 0.05) is 19.5 Å². The number of aliphatic carboxylic acids is 1. The van der Waals surface area contributed by atoms with Crippen molar-refractivity contribution in [1.82, 2.24) is 4.90 Å². The van der Waals surface area contributed by atoms with Crippen LogP contribution in [0.3, 0.4) is 0 Å². The van der Waals surface area contributed by atoms with Gasteiger partial charge in [-0.25, -0.2) is 9.59 Å². The quantitative estimate of drug-likeness (QED) is 0.866. The molecule has 7 heteroatoms. The Bertz CT molecular complexity index is 393. The number of hydrogen-bond donors (Lipinski definition) is 1. The van der Waals surface area contributed by atoms with Crippen LogP contribution in [-0.2, 0) is 9.53 Å². The molecule has 1 unspecified atom stereocenters. The Balaban J connectivity index is 2.49. The molecule has 0 aromatic carbocycles. The highest BCUT2D eigenvalue weighted by molar-refractivity contribution is 5.75. The SMILES string of the molecule is CC(C)(C)OC(=O)N1CCCC(CCC(F)(F)C(=O)O)C1. The minimum Gasteiger partial charge on any atom is -0.477 e. The van der Waals surface area contributed by atoms with Crippen LogP contribution in [0.25, 0.3) is 0 Å². The zero-order valence-corrected chi connectivity index (χ0v) is 12.7. The molecule has 1 heterocycles. The standard InChI is InChI=1S/C14H23F2NO4/c1-13(2,3)21-12(20)17-8-4-5-10(9-17)6-7-14(15,16)11(18)19/h10H,4-9H2,1-3H3,(H,18,19). The summed E-state index contributed by atoms with van der Waals surface area (Å²) in [4.78, 5) is 23.8. The summed E-state index contributed by atoms with van der Waals surface area (Å²) in [5.74, 6) is -5.91.